The van der Waals surface area contributed by atoms with E-state index in [0.717, 1.165) is 42.1 Å². The summed E-state index contributed by atoms with van der Waals surface area (Å²) in [5.41, 5.74) is 0.794. The molecule has 3 N–H and O–H groups in total. The standard InChI is InChI=1S/C17H25BrN4O2.HI/c1-2-19-17(21-12-15-4-3-11-24-15)20-10-9-16(23)22-14-7-5-13(18)6-8-14;/h5-8,15H,2-4,9-12H2,1H3,(H,22,23)(H2,19,20,21);1H. The first-order valence-corrected chi connectivity index (χ1v) is 9.16. The number of hydrogen-bond acceptors (Lipinski definition) is 3. The molecule has 25 heavy (non-hydrogen) atoms. The van der Waals surface area contributed by atoms with Gasteiger partial charge < -0.3 is 20.7 Å². The zero-order valence-electron chi connectivity index (χ0n) is 14.4. The number of ether oxygens (including phenoxy) is 1. The van der Waals surface area contributed by atoms with Crippen molar-refractivity contribution in [2.75, 3.05) is 31.6 Å². The van der Waals surface area contributed by atoms with Gasteiger partial charge in [0.1, 0.15) is 0 Å². The topological polar surface area (TPSA) is 74.8 Å². The summed E-state index contributed by atoms with van der Waals surface area (Å²) in [6, 6.07) is 7.52. The Balaban J connectivity index is 0.00000312. The van der Waals surface area contributed by atoms with Gasteiger partial charge in [-0.3, -0.25) is 9.79 Å². The summed E-state index contributed by atoms with van der Waals surface area (Å²) in [5.74, 6) is 0.698. The zero-order chi connectivity index (χ0) is 17.2. The van der Waals surface area contributed by atoms with Crippen molar-refractivity contribution in [3.8, 4) is 0 Å². The molecule has 0 spiro atoms. The smallest absolute Gasteiger partial charge is 0.226 e. The number of nitrogens with one attached hydrogen (secondary N) is 3. The Kier molecular flexibility index (Phi) is 11.1. The lowest BCUT2D eigenvalue weighted by Gasteiger charge is -2.13. The van der Waals surface area contributed by atoms with Crippen LogP contribution in [0.4, 0.5) is 5.69 Å². The third-order valence-electron chi connectivity index (χ3n) is 3.59. The Morgan fingerprint density at radius 1 is 1.32 bits per heavy atom. The highest BCUT2D eigenvalue weighted by molar-refractivity contribution is 14.0. The van der Waals surface area contributed by atoms with Crippen molar-refractivity contribution in [2.45, 2.75) is 32.3 Å². The predicted molar refractivity (Wildman–Crippen MR) is 116 cm³/mol. The van der Waals surface area contributed by atoms with Gasteiger partial charge in [-0.05, 0) is 44.0 Å². The van der Waals surface area contributed by atoms with Crippen molar-refractivity contribution in [1.82, 2.24) is 10.6 Å². The lowest BCUT2D eigenvalue weighted by molar-refractivity contribution is -0.116. The van der Waals surface area contributed by atoms with Crippen LogP contribution < -0.4 is 16.0 Å². The molecule has 0 saturated carbocycles. The van der Waals surface area contributed by atoms with Crippen LogP contribution in [0.5, 0.6) is 0 Å². The largest absolute Gasteiger partial charge is 0.376 e. The molecule has 1 amide bonds. The minimum absolute atomic E-state index is 0. The fourth-order valence-corrected chi connectivity index (χ4v) is 2.64. The van der Waals surface area contributed by atoms with E-state index in [9.17, 15) is 4.79 Å². The highest BCUT2D eigenvalue weighted by Crippen LogP contribution is 2.14. The van der Waals surface area contributed by atoms with Gasteiger partial charge in [0.25, 0.3) is 0 Å². The highest BCUT2D eigenvalue weighted by atomic mass is 127. The molecular formula is C17H26BrIN4O2. The molecule has 1 aliphatic rings. The molecule has 0 radical (unpaired) electrons. The van der Waals surface area contributed by atoms with Crippen LogP contribution in [0.25, 0.3) is 0 Å². The molecule has 1 aliphatic heterocycles. The first kappa shape index (κ1) is 22.2. The van der Waals surface area contributed by atoms with Crippen LogP contribution in [0.3, 0.4) is 0 Å². The van der Waals surface area contributed by atoms with E-state index in [2.05, 4.69) is 36.9 Å². The Morgan fingerprint density at radius 2 is 2.08 bits per heavy atom. The van der Waals surface area contributed by atoms with Gasteiger partial charge in [0.05, 0.1) is 12.6 Å². The molecule has 1 saturated heterocycles. The molecule has 1 heterocycles. The normalized spacial score (nSPS) is 16.9. The quantitative estimate of drug-likeness (QED) is 0.291. The molecule has 140 valence electrons. The van der Waals surface area contributed by atoms with Crippen molar-refractivity contribution in [2.24, 2.45) is 4.99 Å². The minimum atomic E-state index is -0.0280. The molecule has 0 aromatic heterocycles. The third-order valence-corrected chi connectivity index (χ3v) is 4.12. The number of halogens is 2. The number of hydrogen-bond donors (Lipinski definition) is 3. The zero-order valence-corrected chi connectivity index (χ0v) is 18.3. The second kappa shape index (κ2) is 12.5. The number of amides is 1. The second-order valence-electron chi connectivity index (χ2n) is 5.59. The van der Waals surface area contributed by atoms with Gasteiger partial charge in [-0.1, -0.05) is 15.9 Å². The van der Waals surface area contributed by atoms with E-state index in [1.807, 2.05) is 31.2 Å². The first-order chi connectivity index (χ1) is 11.7. The summed E-state index contributed by atoms with van der Waals surface area (Å²) < 4.78 is 6.55. The van der Waals surface area contributed by atoms with E-state index in [4.69, 9.17) is 4.74 Å². The van der Waals surface area contributed by atoms with Gasteiger partial charge in [-0.25, -0.2) is 0 Å². The van der Waals surface area contributed by atoms with Gasteiger partial charge in [0, 0.05) is 36.3 Å². The number of benzene rings is 1. The van der Waals surface area contributed by atoms with E-state index in [1.54, 1.807) is 0 Å². The average molecular weight is 525 g/mol. The van der Waals surface area contributed by atoms with Gasteiger partial charge in [-0.15, -0.1) is 24.0 Å². The number of carbonyl (C=O) groups excluding carboxylic acids is 1. The number of aliphatic imine (C=N–C) groups is 1. The summed E-state index contributed by atoms with van der Waals surface area (Å²) in [6.07, 6.45) is 2.78. The lowest BCUT2D eigenvalue weighted by Crippen LogP contribution is -2.39. The summed E-state index contributed by atoms with van der Waals surface area (Å²) >= 11 is 3.37. The summed E-state index contributed by atoms with van der Waals surface area (Å²) in [5, 5.41) is 9.24. The maximum absolute atomic E-state index is 12.0. The van der Waals surface area contributed by atoms with Crippen LogP contribution >= 0.6 is 39.9 Å². The molecule has 0 bridgehead atoms. The highest BCUT2D eigenvalue weighted by Gasteiger charge is 2.14. The van der Waals surface area contributed by atoms with Crippen LogP contribution in [0.1, 0.15) is 26.2 Å². The van der Waals surface area contributed by atoms with E-state index < -0.39 is 0 Å². The lowest BCUT2D eigenvalue weighted by atomic mass is 10.2. The maximum Gasteiger partial charge on any atom is 0.226 e. The Bertz CT molecular complexity index is 548. The predicted octanol–water partition coefficient (Wildman–Crippen LogP) is 3.13. The Morgan fingerprint density at radius 3 is 2.72 bits per heavy atom. The van der Waals surface area contributed by atoms with Crippen molar-refractivity contribution < 1.29 is 9.53 Å². The van der Waals surface area contributed by atoms with Crippen LogP contribution in [0.15, 0.2) is 33.7 Å². The summed E-state index contributed by atoms with van der Waals surface area (Å²) in [6.45, 7) is 4.81. The molecule has 1 aromatic rings. The monoisotopic (exact) mass is 524 g/mol. The number of nitrogens with zero attached hydrogens (tertiary/aromatic N) is 1. The van der Waals surface area contributed by atoms with E-state index in [1.165, 1.54) is 0 Å². The third kappa shape index (κ3) is 8.87. The summed E-state index contributed by atoms with van der Waals surface area (Å²) in [4.78, 5) is 16.5. The van der Waals surface area contributed by atoms with E-state index in [0.29, 0.717) is 19.5 Å². The molecule has 6 nitrogen and oxygen atoms in total. The number of guanidine groups is 1. The number of rotatable bonds is 7. The van der Waals surface area contributed by atoms with Crippen LogP contribution in [-0.4, -0.2) is 44.2 Å². The van der Waals surface area contributed by atoms with Crippen molar-refractivity contribution in [1.29, 1.82) is 0 Å². The van der Waals surface area contributed by atoms with E-state index in [-0.39, 0.29) is 36.0 Å². The Hall–Kier alpha value is -0.870. The summed E-state index contributed by atoms with van der Waals surface area (Å²) in [7, 11) is 0. The van der Waals surface area contributed by atoms with Gasteiger partial charge >= 0.3 is 0 Å². The van der Waals surface area contributed by atoms with Gasteiger partial charge in [0.15, 0.2) is 5.96 Å². The molecule has 2 rings (SSSR count). The van der Waals surface area contributed by atoms with Crippen molar-refractivity contribution >= 4 is 57.5 Å². The fraction of sp³-hybridized carbons (Fsp3) is 0.529. The maximum atomic E-state index is 12.0. The van der Waals surface area contributed by atoms with Crippen LogP contribution in [0, 0.1) is 0 Å². The average Bonchev–Trinajstić information content (AvgIpc) is 3.08. The molecule has 1 aromatic carbocycles. The van der Waals surface area contributed by atoms with Gasteiger partial charge in [-0.2, -0.15) is 0 Å². The second-order valence-corrected chi connectivity index (χ2v) is 6.50. The first-order valence-electron chi connectivity index (χ1n) is 8.36. The van der Waals surface area contributed by atoms with Crippen LogP contribution in [0.2, 0.25) is 0 Å². The number of anilines is 1. The number of carbonyl (C=O) groups is 1. The molecule has 1 fully saturated rings. The molecule has 1 atom stereocenters. The molecular weight excluding hydrogens is 499 g/mol. The van der Waals surface area contributed by atoms with Crippen molar-refractivity contribution in [3.05, 3.63) is 28.7 Å². The van der Waals surface area contributed by atoms with Gasteiger partial charge in [0.2, 0.25) is 5.91 Å². The van der Waals surface area contributed by atoms with E-state index >= 15 is 0 Å². The molecule has 8 heteroatoms. The SMILES string of the molecule is CCNC(=NCC1CCCO1)NCCC(=O)Nc1ccc(Br)cc1.I. The fourth-order valence-electron chi connectivity index (χ4n) is 2.37. The van der Waals surface area contributed by atoms with Crippen LogP contribution in [-0.2, 0) is 9.53 Å². The van der Waals surface area contributed by atoms with Crippen molar-refractivity contribution in [3.63, 3.8) is 0 Å². The molecule has 1 unspecified atom stereocenters. The Labute approximate surface area is 174 Å². The minimum Gasteiger partial charge on any atom is -0.376 e. The molecule has 0 aliphatic carbocycles.